The van der Waals surface area contributed by atoms with Crippen molar-refractivity contribution in [3.8, 4) is 0 Å². The summed E-state index contributed by atoms with van der Waals surface area (Å²) in [7, 11) is 0. The van der Waals surface area contributed by atoms with Crippen LogP contribution in [0.25, 0.3) is 0 Å². The van der Waals surface area contributed by atoms with E-state index < -0.39 is 0 Å². The Morgan fingerprint density at radius 3 is 2.42 bits per heavy atom. The third kappa shape index (κ3) is 1.90. The van der Waals surface area contributed by atoms with E-state index >= 15 is 0 Å². The molecule has 0 saturated heterocycles. The second-order valence-corrected chi connectivity index (χ2v) is 2.67. The van der Waals surface area contributed by atoms with Gasteiger partial charge in [0.15, 0.2) is 0 Å². The van der Waals surface area contributed by atoms with Gasteiger partial charge in [-0.2, -0.15) is 0 Å². The number of rotatable bonds is 3. The van der Waals surface area contributed by atoms with Crippen LogP contribution in [0.15, 0.2) is 24.3 Å². The molecule has 1 aromatic rings. The Morgan fingerprint density at radius 2 is 2.00 bits per heavy atom. The second-order valence-electron chi connectivity index (χ2n) is 2.67. The standard InChI is InChI=1S/C9H12N2O/c1-7(11-10)9-4-2-8(6-12)3-5-9/h2-7,11H,10H2,1H3/t7-/m0/s1. The van der Waals surface area contributed by atoms with Crippen LogP contribution in [0, 0.1) is 0 Å². The van der Waals surface area contributed by atoms with Gasteiger partial charge in [0, 0.05) is 11.6 Å². The summed E-state index contributed by atoms with van der Waals surface area (Å²) in [6, 6.07) is 7.43. The largest absolute Gasteiger partial charge is 0.298 e. The summed E-state index contributed by atoms with van der Waals surface area (Å²) >= 11 is 0. The van der Waals surface area contributed by atoms with Gasteiger partial charge in [-0.25, -0.2) is 0 Å². The minimum absolute atomic E-state index is 0.116. The number of benzene rings is 1. The molecule has 0 aromatic heterocycles. The lowest BCUT2D eigenvalue weighted by atomic mass is 10.1. The predicted octanol–water partition coefficient (Wildman–Crippen LogP) is 1.02. The molecule has 0 spiro atoms. The average Bonchev–Trinajstić information content (AvgIpc) is 2.17. The molecule has 0 amide bonds. The summed E-state index contributed by atoms with van der Waals surface area (Å²) in [5.41, 5.74) is 4.39. The Labute approximate surface area is 71.5 Å². The van der Waals surface area contributed by atoms with E-state index in [-0.39, 0.29) is 6.04 Å². The number of aldehydes is 1. The Bertz CT molecular complexity index is 256. The van der Waals surface area contributed by atoms with Crippen molar-refractivity contribution in [1.82, 2.24) is 5.43 Å². The van der Waals surface area contributed by atoms with Crippen molar-refractivity contribution in [2.45, 2.75) is 13.0 Å². The fourth-order valence-corrected chi connectivity index (χ4v) is 0.959. The number of hydrogen-bond acceptors (Lipinski definition) is 3. The molecule has 3 nitrogen and oxygen atoms in total. The van der Waals surface area contributed by atoms with Crippen LogP contribution < -0.4 is 11.3 Å². The predicted molar refractivity (Wildman–Crippen MR) is 47.6 cm³/mol. The van der Waals surface area contributed by atoms with Crippen molar-refractivity contribution >= 4 is 6.29 Å². The zero-order valence-electron chi connectivity index (χ0n) is 6.95. The highest BCUT2D eigenvalue weighted by atomic mass is 16.1. The quantitative estimate of drug-likeness (QED) is 0.398. The van der Waals surface area contributed by atoms with E-state index in [4.69, 9.17) is 5.84 Å². The van der Waals surface area contributed by atoms with Crippen LogP contribution in [0.1, 0.15) is 28.9 Å². The first-order chi connectivity index (χ1) is 5.77. The van der Waals surface area contributed by atoms with Crippen LogP contribution in [0.2, 0.25) is 0 Å². The highest BCUT2D eigenvalue weighted by Crippen LogP contribution is 2.10. The molecule has 0 saturated carbocycles. The molecular formula is C9H12N2O. The van der Waals surface area contributed by atoms with Crippen LogP contribution in [0.4, 0.5) is 0 Å². The van der Waals surface area contributed by atoms with Crippen molar-refractivity contribution in [3.05, 3.63) is 35.4 Å². The van der Waals surface area contributed by atoms with Gasteiger partial charge in [-0.05, 0) is 12.5 Å². The van der Waals surface area contributed by atoms with E-state index in [1.807, 2.05) is 19.1 Å². The summed E-state index contributed by atoms with van der Waals surface area (Å²) in [5, 5.41) is 0. The van der Waals surface area contributed by atoms with E-state index in [1.54, 1.807) is 12.1 Å². The van der Waals surface area contributed by atoms with E-state index in [1.165, 1.54) is 0 Å². The lowest BCUT2D eigenvalue weighted by molar-refractivity contribution is 0.112. The molecule has 1 rings (SSSR count). The number of nitrogens with two attached hydrogens (primary N) is 1. The van der Waals surface area contributed by atoms with Crippen molar-refractivity contribution in [2.75, 3.05) is 0 Å². The lowest BCUT2D eigenvalue weighted by Crippen LogP contribution is -2.25. The monoisotopic (exact) mass is 164 g/mol. The molecule has 0 aliphatic rings. The maximum Gasteiger partial charge on any atom is 0.150 e. The smallest absolute Gasteiger partial charge is 0.150 e. The fraction of sp³-hybridized carbons (Fsp3) is 0.222. The number of hydrogen-bond donors (Lipinski definition) is 2. The molecular weight excluding hydrogens is 152 g/mol. The van der Waals surface area contributed by atoms with Crippen LogP contribution in [0.5, 0.6) is 0 Å². The SMILES string of the molecule is C[C@H](NN)c1ccc(C=O)cc1. The third-order valence-electron chi connectivity index (χ3n) is 1.82. The van der Waals surface area contributed by atoms with Gasteiger partial charge in [-0.3, -0.25) is 16.1 Å². The molecule has 64 valence electrons. The Hall–Kier alpha value is -1.19. The first kappa shape index (κ1) is 8.90. The molecule has 0 heterocycles. The van der Waals surface area contributed by atoms with Crippen molar-refractivity contribution in [3.63, 3.8) is 0 Å². The molecule has 0 bridgehead atoms. The maximum atomic E-state index is 10.3. The highest BCUT2D eigenvalue weighted by Gasteiger charge is 2.00. The number of hydrazine groups is 1. The lowest BCUT2D eigenvalue weighted by Gasteiger charge is -2.09. The number of nitrogens with one attached hydrogen (secondary N) is 1. The summed E-state index contributed by atoms with van der Waals surface area (Å²) in [5.74, 6) is 5.26. The molecule has 0 unspecified atom stereocenters. The van der Waals surface area contributed by atoms with Gasteiger partial charge in [0.2, 0.25) is 0 Å². The van der Waals surface area contributed by atoms with E-state index in [0.717, 1.165) is 11.8 Å². The van der Waals surface area contributed by atoms with Gasteiger partial charge in [0.25, 0.3) is 0 Å². The minimum atomic E-state index is 0.116. The van der Waals surface area contributed by atoms with Gasteiger partial charge < -0.3 is 0 Å². The van der Waals surface area contributed by atoms with Gasteiger partial charge in [-0.15, -0.1) is 0 Å². The zero-order valence-corrected chi connectivity index (χ0v) is 6.95. The molecule has 12 heavy (non-hydrogen) atoms. The summed E-state index contributed by atoms with van der Waals surface area (Å²) in [4.78, 5) is 10.3. The van der Waals surface area contributed by atoms with Crippen molar-refractivity contribution in [2.24, 2.45) is 5.84 Å². The molecule has 0 fully saturated rings. The summed E-state index contributed by atoms with van der Waals surface area (Å²) in [6.45, 7) is 1.95. The first-order valence-electron chi connectivity index (χ1n) is 3.79. The van der Waals surface area contributed by atoms with E-state index in [2.05, 4.69) is 5.43 Å². The third-order valence-corrected chi connectivity index (χ3v) is 1.82. The van der Waals surface area contributed by atoms with Crippen molar-refractivity contribution < 1.29 is 4.79 Å². The fourth-order valence-electron chi connectivity index (χ4n) is 0.959. The Kier molecular flexibility index (Phi) is 2.96. The van der Waals surface area contributed by atoms with Gasteiger partial charge in [0.05, 0.1) is 0 Å². The van der Waals surface area contributed by atoms with Crippen LogP contribution in [-0.2, 0) is 0 Å². The van der Waals surface area contributed by atoms with E-state index in [0.29, 0.717) is 5.56 Å². The maximum absolute atomic E-state index is 10.3. The highest BCUT2D eigenvalue weighted by molar-refractivity contribution is 5.74. The molecule has 1 atom stereocenters. The normalized spacial score (nSPS) is 12.5. The summed E-state index contributed by atoms with van der Waals surface area (Å²) in [6.07, 6.45) is 0.824. The van der Waals surface area contributed by atoms with Crippen LogP contribution in [0.3, 0.4) is 0 Å². The first-order valence-corrected chi connectivity index (χ1v) is 3.79. The number of carbonyl (C=O) groups is 1. The molecule has 3 N–H and O–H groups in total. The summed E-state index contributed by atoms with van der Waals surface area (Å²) < 4.78 is 0. The van der Waals surface area contributed by atoms with Crippen LogP contribution >= 0.6 is 0 Å². The average molecular weight is 164 g/mol. The molecule has 3 heteroatoms. The van der Waals surface area contributed by atoms with Gasteiger partial charge in [-0.1, -0.05) is 24.3 Å². The second kappa shape index (κ2) is 3.99. The Balaban J connectivity index is 2.84. The number of carbonyl (C=O) groups excluding carboxylic acids is 1. The van der Waals surface area contributed by atoms with Crippen molar-refractivity contribution in [1.29, 1.82) is 0 Å². The van der Waals surface area contributed by atoms with E-state index in [9.17, 15) is 4.79 Å². The molecule has 1 aromatic carbocycles. The molecule has 0 aliphatic heterocycles. The minimum Gasteiger partial charge on any atom is -0.298 e. The molecule has 0 radical (unpaired) electrons. The Morgan fingerprint density at radius 1 is 1.42 bits per heavy atom. The zero-order chi connectivity index (χ0) is 8.97. The molecule has 0 aliphatic carbocycles. The topological polar surface area (TPSA) is 55.1 Å². The van der Waals surface area contributed by atoms with Crippen LogP contribution in [-0.4, -0.2) is 6.29 Å². The van der Waals surface area contributed by atoms with Gasteiger partial charge >= 0.3 is 0 Å². The van der Waals surface area contributed by atoms with Gasteiger partial charge in [0.1, 0.15) is 6.29 Å².